The highest BCUT2D eigenvalue weighted by Crippen LogP contribution is 2.43. The molecule has 0 atom stereocenters. The summed E-state index contributed by atoms with van der Waals surface area (Å²) < 4.78 is 0. The maximum absolute atomic E-state index is 4.69. The van der Waals surface area contributed by atoms with Gasteiger partial charge in [-0.3, -0.25) is 4.98 Å². The fraction of sp³-hybridized carbons (Fsp3) is 0.0465. The molecule has 0 saturated heterocycles. The van der Waals surface area contributed by atoms with E-state index in [2.05, 4.69) is 158 Å². The Morgan fingerprint density at radius 3 is 1.32 bits per heavy atom. The molecule has 1 aromatic heterocycles. The Hall–Kier alpha value is -5.53. The van der Waals surface area contributed by atoms with Gasteiger partial charge in [0.1, 0.15) is 0 Å². The van der Waals surface area contributed by atoms with Crippen molar-refractivity contribution < 1.29 is 0 Å². The van der Waals surface area contributed by atoms with Crippen LogP contribution in [0.4, 0.5) is 0 Å². The highest BCUT2D eigenvalue weighted by molar-refractivity contribution is 6.21. The standard InChI is InChI=1S/C43H31N/c1-2-11-33(12-3-1)41-37-14-6-8-16-39(37)42(40-17-9-7-15-38(40)41)34-24-20-30(21-25-34)18-19-31-22-26-35(27-23-31)43-36-13-5-4-10-32(36)28-29-44-43/h1-17,20-29H,18-19H2. The van der Waals surface area contributed by atoms with Crippen LogP contribution in [-0.2, 0) is 12.8 Å². The molecule has 1 nitrogen and oxygen atoms in total. The molecular weight excluding hydrogens is 530 g/mol. The molecule has 0 N–H and O–H groups in total. The van der Waals surface area contributed by atoms with Gasteiger partial charge in [-0.15, -0.1) is 0 Å². The Balaban J connectivity index is 1.09. The summed E-state index contributed by atoms with van der Waals surface area (Å²) >= 11 is 0. The van der Waals surface area contributed by atoms with E-state index in [-0.39, 0.29) is 0 Å². The maximum atomic E-state index is 4.69. The van der Waals surface area contributed by atoms with Gasteiger partial charge >= 0.3 is 0 Å². The maximum Gasteiger partial charge on any atom is 0.0780 e. The smallest absolute Gasteiger partial charge is 0.0780 e. The lowest BCUT2D eigenvalue weighted by molar-refractivity contribution is 0.961. The van der Waals surface area contributed by atoms with Crippen LogP contribution in [0.2, 0.25) is 0 Å². The topological polar surface area (TPSA) is 12.9 Å². The molecule has 0 bridgehead atoms. The van der Waals surface area contributed by atoms with Gasteiger partial charge in [-0.2, -0.15) is 0 Å². The van der Waals surface area contributed by atoms with Crippen LogP contribution in [0.15, 0.2) is 164 Å². The molecule has 0 radical (unpaired) electrons. The zero-order chi connectivity index (χ0) is 29.3. The Labute approximate surface area is 258 Å². The largest absolute Gasteiger partial charge is 0.256 e. The summed E-state index contributed by atoms with van der Waals surface area (Å²) in [6, 6.07) is 57.2. The number of benzene rings is 7. The Morgan fingerprint density at radius 1 is 0.341 bits per heavy atom. The van der Waals surface area contributed by atoms with Crippen LogP contribution in [0.5, 0.6) is 0 Å². The molecule has 0 aliphatic carbocycles. The highest BCUT2D eigenvalue weighted by Gasteiger charge is 2.16. The van der Waals surface area contributed by atoms with Crippen LogP contribution >= 0.6 is 0 Å². The minimum Gasteiger partial charge on any atom is -0.256 e. The van der Waals surface area contributed by atoms with Gasteiger partial charge in [-0.1, -0.05) is 152 Å². The van der Waals surface area contributed by atoms with Crippen molar-refractivity contribution in [2.75, 3.05) is 0 Å². The lowest BCUT2D eigenvalue weighted by Crippen LogP contribution is -1.93. The van der Waals surface area contributed by atoms with Crippen LogP contribution in [0.1, 0.15) is 11.1 Å². The second-order valence-corrected chi connectivity index (χ2v) is 11.5. The molecule has 7 aromatic carbocycles. The molecule has 0 amide bonds. The normalized spacial score (nSPS) is 11.4. The fourth-order valence-electron chi connectivity index (χ4n) is 6.66. The van der Waals surface area contributed by atoms with Crippen molar-refractivity contribution in [3.05, 3.63) is 175 Å². The first-order valence-electron chi connectivity index (χ1n) is 15.3. The predicted molar refractivity (Wildman–Crippen MR) is 187 cm³/mol. The van der Waals surface area contributed by atoms with E-state index in [0.717, 1.165) is 24.1 Å². The summed E-state index contributed by atoms with van der Waals surface area (Å²) in [7, 11) is 0. The zero-order valence-electron chi connectivity index (χ0n) is 24.4. The summed E-state index contributed by atoms with van der Waals surface area (Å²) in [5, 5.41) is 7.57. The van der Waals surface area contributed by atoms with E-state index in [1.54, 1.807) is 0 Å². The molecule has 0 unspecified atom stereocenters. The summed E-state index contributed by atoms with van der Waals surface area (Å²) in [5.41, 5.74) is 10.0. The SMILES string of the molecule is c1ccc(-c2c3ccccc3c(-c3ccc(CCc4ccc(-c5nccc6ccccc56)cc4)cc3)c3ccccc23)cc1. The zero-order valence-corrected chi connectivity index (χ0v) is 24.4. The van der Waals surface area contributed by atoms with Crippen LogP contribution in [0, 0.1) is 0 Å². The Morgan fingerprint density at radius 2 is 0.773 bits per heavy atom. The molecule has 0 spiro atoms. The van der Waals surface area contributed by atoms with Crippen molar-refractivity contribution in [1.29, 1.82) is 0 Å². The molecule has 8 aromatic rings. The van der Waals surface area contributed by atoms with Crippen molar-refractivity contribution in [2.45, 2.75) is 12.8 Å². The minimum absolute atomic E-state index is 1.00. The molecular formula is C43H31N. The van der Waals surface area contributed by atoms with Gasteiger partial charge in [0.15, 0.2) is 0 Å². The summed E-state index contributed by atoms with van der Waals surface area (Å²) in [4.78, 5) is 4.69. The van der Waals surface area contributed by atoms with E-state index in [9.17, 15) is 0 Å². The van der Waals surface area contributed by atoms with Gasteiger partial charge in [-0.25, -0.2) is 0 Å². The fourth-order valence-corrected chi connectivity index (χ4v) is 6.66. The molecule has 1 heterocycles. The van der Waals surface area contributed by atoms with E-state index in [1.807, 2.05) is 6.20 Å². The summed E-state index contributed by atoms with van der Waals surface area (Å²) in [6.07, 6.45) is 3.90. The second-order valence-electron chi connectivity index (χ2n) is 11.5. The van der Waals surface area contributed by atoms with Crippen LogP contribution in [0.25, 0.3) is 65.8 Å². The number of aromatic nitrogens is 1. The first kappa shape index (κ1) is 26.1. The predicted octanol–water partition coefficient (Wildman–Crippen LogP) is 11.3. The molecule has 1 heteroatoms. The van der Waals surface area contributed by atoms with Crippen LogP contribution in [0.3, 0.4) is 0 Å². The first-order valence-corrected chi connectivity index (χ1v) is 15.3. The molecule has 0 aliphatic rings. The first-order chi connectivity index (χ1) is 21.8. The summed E-state index contributed by atoms with van der Waals surface area (Å²) in [6.45, 7) is 0. The average molecular weight is 562 g/mol. The van der Waals surface area contributed by atoms with Crippen LogP contribution in [-0.4, -0.2) is 4.98 Å². The Kier molecular flexibility index (Phi) is 6.70. The third kappa shape index (κ3) is 4.73. The monoisotopic (exact) mass is 561 g/mol. The Bertz CT molecular complexity index is 2180. The molecule has 44 heavy (non-hydrogen) atoms. The highest BCUT2D eigenvalue weighted by atomic mass is 14.7. The van der Waals surface area contributed by atoms with E-state index in [0.29, 0.717) is 0 Å². The van der Waals surface area contributed by atoms with Crippen molar-refractivity contribution in [3.63, 3.8) is 0 Å². The number of aryl methyl sites for hydroxylation is 2. The number of pyridine rings is 1. The van der Waals surface area contributed by atoms with Gasteiger partial charge in [-0.05, 0) is 79.2 Å². The van der Waals surface area contributed by atoms with Crippen molar-refractivity contribution in [1.82, 2.24) is 4.98 Å². The van der Waals surface area contributed by atoms with E-state index >= 15 is 0 Å². The molecule has 208 valence electrons. The van der Waals surface area contributed by atoms with Crippen molar-refractivity contribution >= 4 is 32.3 Å². The van der Waals surface area contributed by atoms with Crippen LogP contribution < -0.4 is 0 Å². The molecule has 8 rings (SSSR count). The molecule has 0 fully saturated rings. The van der Waals surface area contributed by atoms with Gasteiger partial charge in [0, 0.05) is 17.1 Å². The summed E-state index contributed by atoms with van der Waals surface area (Å²) in [5.74, 6) is 0. The quantitative estimate of drug-likeness (QED) is 0.184. The van der Waals surface area contributed by atoms with E-state index in [4.69, 9.17) is 4.98 Å². The lowest BCUT2D eigenvalue weighted by atomic mass is 9.86. The second kappa shape index (κ2) is 11.3. The average Bonchev–Trinajstić information content (AvgIpc) is 3.10. The van der Waals surface area contributed by atoms with Crippen molar-refractivity contribution in [3.8, 4) is 33.5 Å². The number of rotatable bonds is 6. The van der Waals surface area contributed by atoms with Gasteiger partial charge in [0.25, 0.3) is 0 Å². The van der Waals surface area contributed by atoms with E-state index < -0.39 is 0 Å². The number of nitrogens with zero attached hydrogens (tertiary/aromatic N) is 1. The minimum atomic E-state index is 1.00. The van der Waals surface area contributed by atoms with Gasteiger partial charge < -0.3 is 0 Å². The van der Waals surface area contributed by atoms with Gasteiger partial charge in [0.05, 0.1) is 5.69 Å². The number of hydrogen-bond donors (Lipinski definition) is 0. The number of fused-ring (bicyclic) bond motifs is 3. The number of hydrogen-bond acceptors (Lipinski definition) is 1. The third-order valence-electron chi connectivity index (χ3n) is 8.84. The third-order valence-corrected chi connectivity index (χ3v) is 8.84. The van der Waals surface area contributed by atoms with Crippen molar-refractivity contribution in [2.24, 2.45) is 0 Å². The lowest BCUT2D eigenvalue weighted by Gasteiger charge is -2.18. The van der Waals surface area contributed by atoms with E-state index in [1.165, 1.54) is 65.7 Å². The molecule has 0 saturated carbocycles. The van der Waals surface area contributed by atoms with Gasteiger partial charge in [0.2, 0.25) is 0 Å². The molecule has 0 aliphatic heterocycles.